The molecule has 4 N–H and O–H groups in total. The molecule has 6 aliphatic rings. The normalized spacial score (nSPS) is 22.6. The molecule has 0 radical (unpaired) electrons. The zero-order chi connectivity index (χ0) is 55.3. The number of anilines is 2. The van der Waals surface area contributed by atoms with Gasteiger partial charge in [0, 0.05) is 81.3 Å². The minimum Gasteiger partial charge on any atom is -0.508 e. The van der Waals surface area contributed by atoms with E-state index in [0.29, 0.717) is 62.0 Å². The fourth-order valence-electron chi connectivity index (χ4n) is 12.6. The molecule has 2 bridgehead atoms. The van der Waals surface area contributed by atoms with Gasteiger partial charge in [0.2, 0.25) is 17.7 Å². The molecule has 21 heteroatoms. The molecule has 6 aliphatic heterocycles. The fraction of sp³-hybridized carbons (Fsp3) is 0.431. The third kappa shape index (κ3) is 10.2. The van der Waals surface area contributed by atoms with Crippen LogP contribution in [0, 0.1) is 24.0 Å². The van der Waals surface area contributed by atoms with Crippen molar-refractivity contribution >= 4 is 68.8 Å². The van der Waals surface area contributed by atoms with Crippen LogP contribution in [0.2, 0.25) is 0 Å². The summed E-state index contributed by atoms with van der Waals surface area (Å²) in [5, 5.41) is 20.3. The number of hydrogen-bond donors (Lipinski definition) is 4. The van der Waals surface area contributed by atoms with Crippen LogP contribution in [0.4, 0.5) is 25.1 Å². The Kier molecular flexibility index (Phi) is 14.5. The van der Waals surface area contributed by atoms with Gasteiger partial charge in [-0.2, -0.15) is 9.97 Å². The summed E-state index contributed by atoms with van der Waals surface area (Å²) in [5.74, 6) is -1.62. The number of nitrogens with zero attached hydrogens (tertiary/aromatic N) is 7. The molecule has 5 saturated heterocycles. The Morgan fingerprint density at radius 3 is 2.56 bits per heavy atom. The largest absolute Gasteiger partial charge is 0.508 e. The number of piperidine rings is 1. The lowest BCUT2D eigenvalue weighted by Gasteiger charge is -2.35. The molecule has 79 heavy (non-hydrogen) atoms. The van der Waals surface area contributed by atoms with E-state index in [0.717, 1.165) is 55.4 Å². The van der Waals surface area contributed by atoms with Crippen LogP contribution in [0.15, 0.2) is 60.8 Å². The number of pyridine rings is 1. The van der Waals surface area contributed by atoms with Gasteiger partial charge < -0.3 is 35.0 Å². The number of unbranched alkanes of at least 4 members (excludes halogenated alkanes) is 4. The number of phenolic OH excluding ortho intramolecular Hbond substituents is 1. The van der Waals surface area contributed by atoms with E-state index in [2.05, 4.69) is 48.2 Å². The summed E-state index contributed by atoms with van der Waals surface area (Å²) in [5.41, 5.74) is 0.610. The second kappa shape index (κ2) is 21.6. The van der Waals surface area contributed by atoms with Gasteiger partial charge >= 0.3 is 12.1 Å². The number of carbonyl (C=O) groups excluding carboxylic acids is 6. The van der Waals surface area contributed by atoms with Crippen molar-refractivity contribution in [2.24, 2.45) is 0 Å². The van der Waals surface area contributed by atoms with E-state index in [1.165, 1.54) is 42.6 Å². The monoisotopic (exact) mass is 1080 g/mol. The van der Waals surface area contributed by atoms with Gasteiger partial charge in [-0.05, 0) is 87.1 Å². The number of phenols is 1. The number of hydrogen-bond acceptors (Lipinski definition) is 15. The number of halogens is 2. The topological polar surface area (TPSA) is 229 Å². The maximum Gasteiger partial charge on any atom is 0.409 e. The van der Waals surface area contributed by atoms with Gasteiger partial charge in [-0.25, -0.2) is 13.6 Å². The summed E-state index contributed by atoms with van der Waals surface area (Å²) in [6.45, 7) is 6.97. The van der Waals surface area contributed by atoms with Crippen molar-refractivity contribution in [3.8, 4) is 35.4 Å². The molecule has 6 amide bonds. The fourth-order valence-corrected chi connectivity index (χ4v) is 12.6. The summed E-state index contributed by atoms with van der Waals surface area (Å²) in [7, 11) is 1.70. The quantitative estimate of drug-likeness (QED) is 0.0327. The van der Waals surface area contributed by atoms with Gasteiger partial charge in [0.1, 0.15) is 47.9 Å². The second-order valence-electron chi connectivity index (χ2n) is 21.7. The Morgan fingerprint density at radius 1 is 0.987 bits per heavy atom. The third-order valence-electron chi connectivity index (χ3n) is 16.4. The summed E-state index contributed by atoms with van der Waals surface area (Å²) in [4.78, 5) is 98.0. The highest BCUT2D eigenvalue weighted by Crippen LogP contribution is 2.45. The Labute approximate surface area is 454 Å². The highest BCUT2D eigenvalue weighted by molar-refractivity contribution is 6.26. The average molecular weight is 1080 g/mol. The molecular formula is C58H60F2N10O9. The molecular weight excluding hydrogens is 1020 g/mol. The number of piperazine rings is 1. The molecule has 5 unspecified atom stereocenters. The molecule has 2 aromatic heterocycles. The van der Waals surface area contributed by atoms with Crippen LogP contribution in [-0.4, -0.2) is 147 Å². The molecule has 19 nitrogen and oxygen atoms in total. The number of carbonyl (C=O) groups is 6. The van der Waals surface area contributed by atoms with Crippen LogP contribution < -0.4 is 25.6 Å². The van der Waals surface area contributed by atoms with E-state index in [4.69, 9.17) is 20.9 Å². The average Bonchev–Trinajstić information content (AvgIpc) is 4.34. The maximum atomic E-state index is 17.3. The zero-order valence-electron chi connectivity index (χ0n) is 43.7. The molecule has 5 fully saturated rings. The van der Waals surface area contributed by atoms with Crippen LogP contribution in [0.1, 0.15) is 110 Å². The number of aromatic hydroxyl groups is 1. The minimum absolute atomic E-state index is 0.00153. The van der Waals surface area contributed by atoms with Crippen molar-refractivity contribution in [1.82, 2.24) is 40.3 Å². The van der Waals surface area contributed by atoms with E-state index in [9.17, 15) is 33.9 Å². The molecule has 0 aliphatic carbocycles. The summed E-state index contributed by atoms with van der Waals surface area (Å²) < 4.78 is 44.8. The molecule has 0 saturated carbocycles. The summed E-state index contributed by atoms with van der Waals surface area (Å²) >= 11 is 0. The van der Waals surface area contributed by atoms with Crippen LogP contribution in [0.3, 0.4) is 0 Å². The summed E-state index contributed by atoms with van der Waals surface area (Å²) in [6, 6.07) is 9.21. The Balaban J connectivity index is 0.680. The minimum atomic E-state index is -1.11. The van der Waals surface area contributed by atoms with E-state index in [1.807, 2.05) is 0 Å². The van der Waals surface area contributed by atoms with Crippen LogP contribution in [0.25, 0.3) is 32.9 Å². The predicted octanol–water partition coefficient (Wildman–Crippen LogP) is 6.74. The molecule has 3 aromatic carbocycles. The van der Waals surface area contributed by atoms with Gasteiger partial charge in [-0.1, -0.05) is 49.5 Å². The van der Waals surface area contributed by atoms with Gasteiger partial charge in [0.15, 0.2) is 5.82 Å². The number of amides is 6. The first kappa shape index (κ1) is 52.9. The first-order chi connectivity index (χ1) is 38.1. The van der Waals surface area contributed by atoms with E-state index in [-0.39, 0.29) is 113 Å². The number of imide groups is 2. The SMILES string of the molecule is C#Cc1c(F)ccc2cc(O)cc(-c3ncc4c(N5CC6CCC(C5)N6)nc(OCC56CCC(COC(=O)N(C)CCCCCCCC(=O)Nc7cccc8c7C(=O)N(C7CCC(=O)NC7=O)C8=O)N5CC(=C)C6)nc4c3F)c12. The van der Waals surface area contributed by atoms with Crippen molar-refractivity contribution in [1.29, 1.82) is 0 Å². The van der Waals surface area contributed by atoms with Gasteiger partial charge in [-0.3, -0.25) is 44.1 Å². The molecule has 5 atom stereocenters. The molecule has 0 spiro atoms. The van der Waals surface area contributed by atoms with E-state index < -0.39 is 52.9 Å². The summed E-state index contributed by atoms with van der Waals surface area (Å²) in [6.07, 6.45) is 14.8. The van der Waals surface area contributed by atoms with Crippen LogP contribution >= 0.6 is 0 Å². The molecule has 8 heterocycles. The Hall–Kier alpha value is -8.09. The first-order valence-electron chi connectivity index (χ1n) is 27.0. The molecule has 5 aromatic rings. The number of benzene rings is 3. The first-order valence-corrected chi connectivity index (χ1v) is 27.0. The van der Waals surface area contributed by atoms with Crippen molar-refractivity contribution in [3.05, 3.63) is 89.1 Å². The number of fused-ring (bicyclic) bond motifs is 6. The number of aromatic nitrogens is 3. The van der Waals surface area contributed by atoms with E-state index in [1.54, 1.807) is 18.0 Å². The van der Waals surface area contributed by atoms with Crippen molar-refractivity contribution in [2.45, 2.75) is 113 Å². The standard InChI is InChI=1S/C58H60F2N10O9/c1-4-38-42(59)17-14-33-23-37(71)24-40(47(33)38)50-49(60)51-41(26-61-50)52(68-28-34-15-16-35(29-68)62-34)66-56(65-51)79-31-58-21-20-36(69(58)27-32(2)25-58)30-78-57(77)67(3)22-9-7-5-6-8-13-45(72)63-43-12-10-11-39-48(43)55(76)70(54(39)75)44-18-19-46(73)64-53(44)74/h1,10-12,14,17,23-24,26,34-36,44,62,71H,2,5-9,13,15-16,18-22,25,27-31H2,3H3,(H,63,72)(H,64,73,74). The number of nitrogens with one attached hydrogen (secondary N) is 3. The number of rotatable bonds is 17. The Morgan fingerprint density at radius 2 is 1.77 bits per heavy atom. The lowest BCUT2D eigenvalue weighted by Crippen LogP contribution is -2.54. The smallest absolute Gasteiger partial charge is 0.409 e. The van der Waals surface area contributed by atoms with Gasteiger partial charge in [0.25, 0.3) is 11.8 Å². The number of ether oxygens (including phenoxy) is 2. The second-order valence-corrected chi connectivity index (χ2v) is 21.7. The van der Waals surface area contributed by atoms with Crippen molar-refractivity contribution in [3.63, 3.8) is 0 Å². The van der Waals surface area contributed by atoms with E-state index >= 15 is 8.78 Å². The van der Waals surface area contributed by atoms with Crippen molar-refractivity contribution in [2.75, 3.05) is 56.7 Å². The van der Waals surface area contributed by atoms with Gasteiger partial charge in [-0.15, -0.1) is 6.42 Å². The lowest BCUT2D eigenvalue weighted by atomic mass is 9.94. The highest BCUT2D eigenvalue weighted by atomic mass is 19.1. The highest BCUT2D eigenvalue weighted by Gasteiger charge is 2.52. The third-order valence-corrected chi connectivity index (χ3v) is 16.4. The van der Waals surface area contributed by atoms with Gasteiger partial charge in [0.05, 0.1) is 33.3 Å². The Bertz CT molecular complexity index is 3410. The number of terminal acetylenes is 1. The van der Waals surface area contributed by atoms with Crippen molar-refractivity contribution < 1.29 is 52.1 Å². The van der Waals surface area contributed by atoms with Crippen LogP contribution in [0.5, 0.6) is 11.8 Å². The zero-order valence-corrected chi connectivity index (χ0v) is 43.7. The maximum absolute atomic E-state index is 17.3. The lowest BCUT2D eigenvalue weighted by molar-refractivity contribution is -0.136. The molecule has 410 valence electrons. The van der Waals surface area contributed by atoms with Crippen LogP contribution in [-0.2, 0) is 19.1 Å². The molecule has 11 rings (SSSR count). The predicted molar refractivity (Wildman–Crippen MR) is 287 cm³/mol.